The van der Waals surface area contributed by atoms with E-state index < -0.39 is 5.60 Å². The summed E-state index contributed by atoms with van der Waals surface area (Å²) in [6.45, 7) is 10.8. The number of hydrogen-bond donors (Lipinski definition) is 1. The maximum Gasteiger partial charge on any atom is 0.256 e. The minimum Gasteiger partial charge on any atom is -0.490 e. The maximum atomic E-state index is 13.1. The standard InChI is InChI=1S/C24H35NO3/c1-6-9-16-24(5,27-17-7-2)23(26)25-21-14-15-22(28-18(4)8-3)20-13-11-10-12-19(20)21/h10-15,18H,6-9,16-17H2,1-5H3,(H,25,26)/t18-,24+/m0/s1. The van der Waals surface area contributed by atoms with Crippen LogP contribution in [0.3, 0.4) is 0 Å². The van der Waals surface area contributed by atoms with Crippen molar-refractivity contribution in [3.8, 4) is 5.75 Å². The van der Waals surface area contributed by atoms with Crippen LogP contribution in [-0.4, -0.2) is 24.2 Å². The third-order valence-corrected chi connectivity index (χ3v) is 5.15. The Balaban J connectivity index is 2.31. The Morgan fingerprint density at radius 1 is 1.07 bits per heavy atom. The highest BCUT2D eigenvalue weighted by molar-refractivity contribution is 6.06. The van der Waals surface area contributed by atoms with Crippen LogP contribution in [0.4, 0.5) is 5.69 Å². The van der Waals surface area contributed by atoms with E-state index in [2.05, 4.69) is 33.0 Å². The molecule has 4 nitrogen and oxygen atoms in total. The number of ether oxygens (including phenoxy) is 2. The number of carbonyl (C=O) groups is 1. The van der Waals surface area contributed by atoms with Crippen molar-refractivity contribution >= 4 is 22.4 Å². The van der Waals surface area contributed by atoms with Crippen LogP contribution in [0.2, 0.25) is 0 Å². The molecule has 2 aromatic carbocycles. The van der Waals surface area contributed by atoms with Gasteiger partial charge in [-0.05, 0) is 45.2 Å². The minimum atomic E-state index is -0.820. The highest BCUT2D eigenvalue weighted by atomic mass is 16.5. The lowest BCUT2D eigenvalue weighted by Crippen LogP contribution is -2.43. The third-order valence-electron chi connectivity index (χ3n) is 5.15. The summed E-state index contributed by atoms with van der Waals surface area (Å²) in [5, 5.41) is 5.10. The Bertz CT molecular complexity index is 764. The molecule has 154 valence electrons. The van der Waals surface area contributed by atoms with Gasteiger partial charge >= 0.3 is 0 Å². The SMILES string of the molecule is CCCC[C@@](C)(OCCC)C(=O)Nc1ccc(O[C@@H](C)CC)c2ccccc12. The first-order valence-corrected chi connectivity index (χ1v) is 10.6. The molecule has 4 heteroatoms. The molecule has 0 aliphatic heterocycles. The molecule has 0 saturated heterocycles. The second-order valence-corrected chi connectivity index (χ2v) is 7.63. The zero-order valence-electron chi connectivity index (χ0n) is 18.0. The number of carbonyl (C=O) groups excluding carboxylic acids is 1. The maximum absolute atomic E-state index is 13.1. The molecule has 0 aliphatic rings. The van der Waals surface area contributed by atoms with Crippen molar-refractivity contribution in [2.45, 2.75) is 78.4 Å². The molecule has 0 saturated carbocycles. The van der Waals surface area contributed by atoms with Crippen LogP contribution in [0.5, 0.6) is 5.75 Å². The summed E-state index contributed by atoms with van der Waals surface area (Å²) < 4.78 is 12.1. The van der Waals surface area contributed by atoms with Gasteiger partial charge in [-0.2, -0.15) is 0 Å². The molecular weight excluding hydrogens is 350 g/mol. The third kappa shape index (κ3) is 5.48. The van der Waals surface area contributed by atoms with E-state index in [0.717, 1.165) is 47.9 Å². The first-order chi connectivity index (χ1) is 13.4. The molecule has 0 unspecified atom stereocenters. The van der Waals surface area contributed by atoms with Crippen LogP contribution in [0, 0.1) is 0 Å². The van der Waals surface area contributed by atoms with E-state index in [1.807, 2.05) is 43.3 Å². The molecule has 2 aromatic rings. The summed E-state index contributed by atoms with van der Waals surface area (Å²) in [5.74, 6) is 0.758. The fourth-order valence-corrected chi connectivity index (χ4v) is 3.13. The van der Waals surface area contributed by atoms with Gasteiger partial charge in [0.25, 0.3) is 5.91 Å². The normalized spacial score (nSPS) is 14.5. The van der Waals surface area contributed by atoms with E-state index in [0.29, 0.717) is 13.0 Å². The van der Waals surface area contributed by atoms with Crippen LogP contribution in [0.1, 0.15) is 66.7 Å². The number of nitrogens with one attached hydrogen (secondary N) is 1. The second-order valence-electron chi connectivity index (χ2n) is 7.63. The molecule has 0 fully saturated rings. The fraction of sp³-hybridized carbons (Fsp3) is 0.542. The molecule has 28 heavy (non-hydrogen) atoms. The Kier molecular flexibility index (Phi) is 8.31. The van der Waals surface area contributed by atoms with Gasteiger partial charge in [-0.25, -0.2) is 0 Å². The largest absolute Gasteiger partial charge is 0.490 e. The van der Waals surface area contributed by atoms with Gasteiger partial charge in [0.1, 0.15) is 11.4 Å². The van der Waals surface area contributed by atoms with Gasteiger partial charge in [-0.1, -0.05) is 57.9 Å². The van der Waals surface area contributed by atoms with E-state index in [4.69, 9.17) is 9.47 Å². The van der Waals surface area contributed by atoms with Gasteiger partial charge in [0, 0.05) is 23.1 Å². The Hall–Kier alpha value is -2.07. The quantitative estimate of drug-likeness (QED) is 0.491. The van der Waals surface area contributed by atoms with E-state index in [1.54, 1.807) is 0 Å². The number of fused-ring (bicyclic) bond motifs is 1. The van der Waals surface area contributed by atoms with E-state index in [1.165, 1.54) is 0 Å². The average Bonchev–Trinajstić information content (AvgIpc) is 2.72. The van der Waals surface area contributed by atoms with Crippen LogP contribution in [0.15, 0.2) is 36.4 Å². The van der Waals surface area contributed by atoms with Crippen molar-refractivity contribution in [1.82, 2.24) is 0 Å². The van der Waals surface area contributed by atoms with Gasteiger partial charge in [-0.15, -0.1) is 0 Å². The summed E-state index contributed by atoms with van der Waals surface area (Å²) in [6, 6.07) is 11.9. The zero-order valence-corrected chi connectivity index (χ0v) is 18.0. The molecule has 0 spiro atoms. The summed E-state index contributed by atoms with van der Waals surface area (Å²) >= 11 is 0. The number of unbranched alkanes of at least 4 members (excludes halogenated alkanes) is 1. The predicted octanol–water partition coefficient (Wildman–Crippen LogP) is 6.33. The van der Waals surface area contributed by atoms with Gasteiger partial charge in [-0.3, -0.25) is 4.79 Å². The smallest absolute Gasteiger partial charge is 0.256 e. The topological polar surface area (TPSA) is 47.6 Å². The Labute approximate surface area is 169 Å². The van der Waals surface area contributed by atoms with Crippen molar-refractivity contribution < 1.29 is 14.3 Å². The summed E-state index contributed by atoms with van der Waals surface area (Å²) in [4.78, 5) is 13.1. The highest BCUT2D eigenvalue weighted by Crippen LogP contribution is 2.33. The van der Waals surface area contributed by atoms with Crippen LogP contribution in [0.25, 0.3) is 10.8 Å². The number of anilines is 1. The lowest BCUT2D eigenvalue weighted by atomic mass is 9.97. The van der Waals surface area contributed by atoms with Gasteiger partial charge in [0.15, 0.2) is 0 Å². The van der Waals surface area contributed by atoms with Crippen LogP contribution < -0.4 is 10.1 Å². The molecule has 2 atom stereocenters. The number of amides is 1. The number of rotatable bonds is 11. The first-order valence-electron chi connectivity index (χ1n) is 10.6. The highest BCUT2D eigenvalue weighted by Gasteiger charge is 2.33. The lowest BCUT2D eigenvalue weighted by Gasteiger charge is -2.29. The predicted molar refractivity (Wildman–Crippen MR) is 117 cm³/mol. The summed E-state index contributed by atoms with van der Waals surface area (Å²) in [5.41, 5.74) is -0.0288. The Morgan fingerprint density at radius 2 is 1.79 bits per heavy atom. The number of benzene rings is 2. The van der Waals surface area contributed by atoms with Crippen LogP contribution >= 0.6 is 0 Å². The molecule has 0 aliphatic carbocycles. The first kappa shape index (κ1) is 22.2. The molecule has 0 heterocycles. The molecule has 0 bridgehead atoms. The van der Waals surface area contributed by atoms with Crippen molar-refractivity contribution in [3.63, 3.8) is 0 Å². The molecule has 1 amide bonds. The van der Waals surface area contributed by atoms with Gasteiger partial charge < -0.3 is 14.8 Å². The van der Waals surface area contributed by atoms with E-state index in [-0.39, 0.29) is 12.0 Å². The fourth-order valence-electron chi connectivity index (χ4n) is 3.13. The van der Waals surface area contributed by atoms with Crippen LogP contribution in [-0.2, 0) is 9.53 Å². The van der Waals surface area contributed by atoms with Crippen molar-refractivity contribution in [1.29, 1.82) is 0 Å². The minimum absolute atomic E-state index is 0.0878. The number of hydrogen-bond acceptors (Lipinski definition) is 3. The summed E-state index contributed by atoms with van der Waals surface area (Å²) in [6.07, 6.45) is 4.67. The van der Waals surface area contributed by atoms with Crippen molar-refractivity contribution in [2.75, 3.05) is 11.9 Å². The molecule has 0 aromatic heterocycles. The molecular formula is C24H35NO3. The summed E-state index contributed by atoms with van der Waals surface area (Å²) in [7, 11) is 0. The molecule has 2 rings (SSSR count). The van der Waals surface area contributed by atoms with Crippen molar-refractivity contribution in [3.05, 3.63) is 36.4 Å². The van der Waals surface area contributed by atoms with E-state index >= 15 is 0 Å². The second kappa shape index (κ2) is 10.5. The lowest BCUT2D eigenvalue weighted by molar-refractivity contribution is -0.140. The Morgan fingerprint density at radius 3 is 2.43 bits per heavy atom. The monoisotopic (exact) mass is 385 g/mol. The average molecular weight is 386 g/mol. The van der Waals surface area contributed by atoms with Gasteiger partial charge in [0.05, 0.1) is 6.10 Å². The van der Waals surface area contributed by atoms with Crippen molar-refractivity contribution in [2.24, 2.45) is 0 Å². The molecule has 0 radical (unpaired) electrons. The van der Waals surface area contributed by atoms with E-state index in [9.17, 15) is 4.79 Å². The molecule has 1 N–H and O–H groups in total. The zero-order chi connectivity index (χ0) is 20.6. The van der Waals surface area contributed by atoms with Gasteiger partial charge in [0.2, 0.25) is 0 Å².